The summed E-state index contributed by atoms with van der Waals surface area (Å²) in [6, 6.07) is 6.38. The molecule has 0 aliphatic carbocycles. The largest absolute Gasteiger partial charge is 0.493 e. The Balaban J connectivity index is 0.00000242. The Morgan fingerprint density at radius 1 is 1.05 bits per heavy atom. The van der Waals surface area contributed by atoms with Crippen molar-refractivity contribution in [1.82, 2.24) is 4.98 Å². The van der Waals surface area contributed by atoms with Gasteiger partial charge in [0.1, 0.15) is 5.75 Å². The monoisotopic (exact) mass is 325 g/mol. The van der Waals surface area contributed by atoms with E-state index in [0.29, 0.717) is 23.0 Å². The van der Waals surface area contributed by atoms with Crippen LogP contribution in [-0.4, -0.2) is 32.3 Å². The molecule has 2 rings (SSSR count). The van der Waals surface area contributed by atoms with Gasteiger partial charge < -0.3 is 18.9 Å². The summed E-state index contributed by atoms with van der Waals surface area (Å²) in [5, 5.41) is 0. The van der Waals surface area contributed by atoms with Gasteiger partial charge in [0.05, 0.1) is 33.1 Å². The van der Waals surface area contributed by atoms with Crippen molar-refractivity contribution in [2.45, 2.75) is 0 Å². The first kappa shape index (κ1) is 17.6. The van der Waals surface area contributed by atoms with Crippen LogP contribution in [0.15, 0.2) is 36.7 Å². The Bertz CT molecular complexity index is 608. The van der Waals surface area contributed by atoms with E-state index in [2.05, 4.69) is 4.98 Å². The Kier molecular flexibility index (Phi) is 6.47. The highest BCUT2D eigenvalue weighted by Crippen LogP contribution is 2.38. The van der Waals surface area contributed by atoms with E-state index in [4.69, 9.17) is 18.9 Å². The standard InChI is InChI=1S/C15H15NO5.ClH/c1-18-12-7-10(8-13(19-2)14(12)20-3)15(17)21-11-5-4-6-16-9-11;/h4-9H,1-3H3;1H. The molecule has 118 valence electrons. The molecule has 0 N–H and O–H groups in total. The van der Waals surface area contributed by atoms with Crippen molar-refractivity contribution in [2.24, 2.45) is 0 Å². The molecule has 0 spiro atoms. The molecule has 0 saturated heterocycles. The second-order valence-corrected chi connectivity index (χ2v) is 3.99. The van der Waals surface area contributed by atoms with Gasteiger partial charge in [-0.2, -0.15) is 0 Å². The van der Waals surface area contributed by atoms with Crippen LogP contribution in [0.3, 0.4) is 0 Å². The lowest BCUT2D eigenvalue weighted by molar-refractivity contribution is 0.0733. The number of benzene rings is 1. The molecule has 0 amide bonds. The number of nitrogens with zero attached hydrogens (tertiary/aromatic N) is 1. The number of rotatable bonds is 5. The molecule has 0 aliphatic rings. The molecule has 6 nitrogen and oxygen atoms in total. The van der Waals surface area contributed by atoms with Gasteiger partial charge in [0, 0.05) is 6.20 Å². The van der Waals surface area contributed by atoms with Crippen molar-refractivity contribution < 1.29 is 23.7 Å². The zero-order valence-corrected chi connectivity index (χ0v) is 13.2. The van der Waals surface area contributed by atoms with E-state index in [1.807, 2.05) is 0 Å². The van der Waals surface area contributed by atoms with Crippen molar-refractivity contribution in [1.29, 1.82) is 0 Å². The van der Waals surface area contributed by atoms with Gasteiger partial charge in [0.25, 0.3) is 0 Å². The van der Waals surface area contributed by atoms with E-state index in [0.717, 1.165) is 0 Å². The number of pyridine rings is 1. The van der Waals surface area contributed by atoms with Gasteiger partial charge in [-0.1, -0.05) is 0 Å². The number of esters is 1. The third kappa shape index (κ3) is 3.79. The minimum Gasteiger partial charge on any atom is -0.493 e. The maximum Gasteiger partial charge on any atom is 0.343 e. The maximum absolute atomic E-state index is 12.1. The van der Waals surface area contributed by atoms with Crippen LogP contribution in [0.5, 0.6) is 23.0 Å². The van der Waals surface area contributed by atoms with Crippen LogP contribution >= 0.6 is 12.4 Å². The Labute approximate surface area is 134 Å². The molecule has 22 heavy (non-hydrogen) atoms. The maximum atomic E-state index is 12.1. The lowest BCUT2D eigenvalue weighted by atomic mass is 10.2. The van der Waals surface area contributed by atoms with Crippen molar-refractivity contribution in [3.05, 3.63) is 42.2 Å². The van der Waals surface area contributed by atoms with E-state index in [1.165, 1.54) is 39.7 Å². The normalized spacial score (nSPS) is 9.41. The first-order valence-electron chi connectivity index (χ1n) is 6.11. The Morgan fingerprint density at radius 2 is 1.68 bits per heavy atom. The quantitative estimate of drug-likeness (QED) is 0.787. The van der Waals surface area contributed by atoms with Gasteiger partial charge in [0.15, 0.2) is 11.5 Å². The van der Waals surface area contributed by atoms with Crippen molar-refractivity contribution in [3.63, 3.8) is 0 Å². The molecule has 0 atom stereocenters. The third-order valence-electron chi connectivity index (χ3n) is 2.75. The second-order valence-electron chi connectivity index (χ2n) is 3.99. The second kappa shape index (κ2) is 8.09. The molecule has 0 bridgehead atoms. The number of hydrogen-bond acceptors (Lipinski definition) is 6. The van der Waals surface area contributed by atoms with Crippen molar-refractivity contribution >= 4 is 18.4 Å². The Hall–Kier alpha value is -2.47. The smallest absolute Gasteiger partial charge is 0.343 e. The van der Waals surface area contributed by atoms with Gasteiger partial charge in [-0.15, -0.1) is 12.4 Å². The summed E-state index contributed by atoms with van der Waals surface area (Å²) in [5.41, 5.74) is 0.286. The molecule has 2 aromatic rings. The van der Waals surface area contributed by atoms with Crippen LogP contribution in [-0.2, 0) is 0 Å². The summed E-state index contributed by atoms with van der Waals surface area (Å²) < 4.78 is 20.8. The summed E-state index contributed by atoms with van der Waals surface area (Å²) in [4.78, 5) is 16.0. The topological polar surface area (TPSA) is 66.9 Å². The number of aromatic nitrogens is 1. The average Bonchev–Trinajstić information content (AvgIpc) is 2.54. The van der Waals surface area contributed by atoms with E-state index in [-0.39, 0.29) is 18.0 Å². The lowest BCUT2D eigenvalue weighted by Crippen LogP contribution is -2.09. The highest BCUT2D eigenvalue weighted by Gasteiger charge is 2.18. The molecule has 1 aromatic heterocycles. The molecule has 7 heteroatoms. The fourth-order valence-corrected chi connectivity index (χ4v) is 1.77. The van der Waals surface area contributed by atoms with E-state index in [9.17, 15) is 4.79 Å². The molecule has 1 aromatic carbocycles. The van der Waals surface area contributed by atoms with Crippen LogP contribution in [0.4, 0.5) is 0 Å². The summed E-state index contributed by atoms with van der Waals surface area (Å²) in [7, 11) is 4.45. The molecule has 1 heterocycles. The van der Waals surface area contributed by atoms with E-state index < -0.39 is 5.97 Å². The van der Waals surface area contributed by atoms with Crippen LogP contribution in [0, 0.1) is 0 Å². The van der Waals surface area contributed by atoms with Crippen LogP contribution in [0.2, 0.25) is 0 Å². The first-order valence-corrected chi connectivity index (χ1v) is 6.11. The Morgan fingerprint density at radius 3 is 2.14 bits per heavy atom. The highest BCUT2D eigenvalue weighted by atomic mass is 35.5. The lowest BCUT2D eigenvalue weighted by Gasteiger charge is -2.13. The molecular formula is C15H16ClNO5. The number of carbonyl (C=O) groups excluding carboxylic acids is 1. The number of hydrogen-bond donors (Lipinski definition) is 0. The fourth-order valence-electron chi connectivity index (χ4n) is 1.77. The van der Waals surface area contributed by atoms with Gasteiger partial charge >= 0.3 is 5.97 Å². The van der Waals surface area contributed by atoms with Gasteiger partial charge in [-0.25, -0.2) is 4.79 Å². The molecular weight excluding hydrogens is 310 g/mol. The van der Waals surface area contributed by atoms with Crippen molar-refractivity contribution in [2.75, 3.05) is 21.3 Å². The number of ether oxygens (including phenoxy) is 4. The van der Waals surface area contributed by atoms with Gasteiger partial charge in [0.2, 0.25) is 5.75 Å². The SMILES string of the molecule is COc1cc(C(=O)Oc2cccnc2)cc(OC)c1OC.Cl. The van der Waals surface area contributed by atoms with E-state index in [1.54, 1.807) is 18.3 Å². The van der Waals surface area contributed by atoms with E-state index >= 15 is 0 Å². The molecule has 0 fully saturated rings. The van der Waals surface area contributed by atoms with Crippen LogP contribution in [0.25, 0.3) is 0 Å². The fraction of sp³-hybridized carbons (Fsp3) is 0.200. The number of halogens is 1. The summed E-state index contributed by atoms with van der Waals surface area (Å²) in [5.74, 6) is 1.00. The van der Waals surface area contributed by atoms with Gasteiger partial charge in [-0.05, 0) is 24.3 Å². The highest BCUT2D eigenvalue weighted by molar-refractivity contribution is 5.92. The molecule has 0 saturated carbocycles. The van der Waals surface area contributed by atoms with Crippen molar-refractivity contribution in [3.8, 4) is 23.0 Å². The first-order chi connectivity index (χ1) is 10.2. The molecule has 0 unspecified atom stereocenters. The number of carbonyl (C=O) groups is 1. The van der Waals surface area contributed by atoms with Crippen LogP contribution in [0.1, 0.15) is 10.4 Å². The summed E-state index contributed by atoms with van der Waals surface area (Å²) in [6.07, 6.45) is 3.05. The minimum atomic E-state index is -0.540. The minimum absolute atomic E-state index is 0. The third-order valence-corrected chi connectivity index (χ3v) is 2.75. The summed E-state index contributed by atoms with van der Waals surface area (Å²) >= 11 is 0. The zero-order chi connectivity index (χ0) is 15.2. The van der Waals surface area contributed by atoms with Crippen LogP contribution < -0.4 is 18.9 Å². The average molecular weight is 326 g/mol. The number of methoxy groups -OCH3 is 3. The predicted molar refractivity (Wildman–Crippen MR) is 82.5 cm³/mol. The molecule has 0 radical (unpaired) electrons. The van der Waals surface area contributed by atoms with Gasteiger partial charge in [-0.3, -0.25) is 4.98 Å². The summed E-state index contributed by atoms with van der Waals surface area (Å²) in [6.45, 7) is 0. The molecule has 0 aliphatic heterocycles. The zero-order valence-electron chi connectivity index (χ0n) is 12.4. The predicted octanol–water partition coefficient (Wildman–Crippen LogP) is 2.75.